The van der Waals surface area contributed by atoms with Gasteiger partial charge in [-0.2, -0.15) is 5.10 Å². The number of nitrogens with one attached hydrogen (secondary N) is 2. The van der Waals surface area contributed by atoms with E-state index in [0.717, 1.165) is 12.1 Å². The van der Waals surface area contributed by atoms with E-state index < -0.39 is 0 Å². The van der Waals surface area contributed by atoms with Crippen molar-refractivity contribution >= 4 is 23.4 Å². The SMILES string of the molecule is CC(C)c1cc(C(=O)N2CCC(NC(=O)c3ccc(Cl)cc3)C2)[nH]n1. The monoisotopic (exact) mass is 360 g/mol. The normalized spacial score (nSPS) is 17.1. The van der Waals surface area contributed by atoms with Gasteiger partial charge >= 0.3 is 0 Å². The molecule has 0 bridgehead atoms. The molecule has 1 saturated heterocycles. The van der Waals surface area contributed by atoms with Crippen LogP contribution < -0.4 is 5.32 Å². The standard InChI is InChI=1S/C18H21ClN4O2/c1-11(2)15-9-16(22-21-15)18(25)23-8-7-14(10-23)20-17(24)12-3-5-13(19)6-4-12/h3-6,9,11,14H,7-8,10H2,1-2H3,(H,20,24)(H,21,22). The third-order valence-corrected chi connectivity index (χ3v) is 4.59. The Balaban J connectivity index is 1.58. The lowest BCUT2D eigenvalue weighted by Gasteiger charge is -2.16. The summed E-state index contributed by atoms with van der Waals surface area (Å²) in [5.74, 6) is 0.0324. The zero-order valence-electron chi connectivity index (χ0n) is 14.3. The molecule has 1 aromatic heterocycles. The molecule has 2 amide bonds. The summed E-state index contributed by atoms with van der Waals surface area (Å²) >= 11 is 5.84. The van der Waals surface area contributed by atoms with E-state index in [2.05, 4.69) is 15.5 Å². The molecule has 7 heteroatoms. The highest BCUT2D eigenvalue weighted by atomic mass is 35.5. The van der Waals surface area contributed by atoms with Gasteiger partial charge in [-0.15, -0.1) is 0 Å². The molecule has 3 rings (SSSR count). The van der Waals surface area contributed by atoms with E-state index >= 15 is 0 Å². The number of benzene rings is 1. The van der Waals surface area contributed by atoms with E-state index in [1.54, 1.807) is 35.2 Å². The number of aromatic nitrogens is 2. The van der Waals surface area contributed by atoms with E-state index in [9.17, 15) is 9.59 Å². The predicted molar refractivity (Wildman–Crippen MR) is 95.9 cm³/mol. The van der Waals surface area contributed by atoms with Gasteiger partial charge in [0.1, 0.15) is 5.69 Å². The van der Waals surface area contributed by atoms with Crippen LogP contribution in [0.3, 0.4) is 0 Å². The van der Waals surface area contributed by atoms with Crippen molar-refractivity contribution in [3.05, 3.63) is 52.3 Å². The smallest absolute Gasteiger partial charge is 0.271 e. The van der Waals surface area contributed by atoms with Gasteiger partial charge in [0.25, 0.3) is 11.8 Å². The van der Waals surface area contributed by atoms with Crippen LogP contribution in [0.4, 0.5) is 0 Å². The Morgan fingerprint density at radius 2 is 2.04 bits per heavy atom. The van der Waals surface area contributed by atoms with Crippen molar-refractivity contribution in [2.45, 2.75) is 32.2 Å². The van der Waals surface area contributed by atoms with Gasteiger partial charge in [-0.1, -0.05) is 25.4 Å². The number of rotatable bonds is 4. The van der Waals surface area contributed by atoms with Crippen LogP contribution in [0.2, 0.25) is 5.02 Å². The quantitative estimate of drug-likeness (QED) is 0.880. The molecule has 1 aliphatic heterocycles. The molecule has 1 aliphatic rings. The molecule has 2 heterocycles. The van der Waals surface area contributed by atoms with Crippen LogP contribution in [0, 0.1) is 0 Å². The van der Waals surface area contributed by atoms with Crippen molar-refractivity contribution in [1.82, 2.24) is 20.4 Å². The average molecular weight is 361 g/mol. The summed E-state index contributed by atoms with van der Waals surface area (Å²) in [6.07, 6.45) is 0.732. The number of halogens is 1. The van der Waals surface area contributed by atoms with Gasteiger partial charge in [-0.3, -0.25) is 14.7 Å². The highest BCUT2D eigenvalue weighted by molar-refractivity contribution is 6.30. The summed E-state index contributed by atoms with van der Waals surface area (Å²) in [5.41, 5.74) is 1.92. The summed E-state index contributed by atoms with van der Waals surface area (Å²) in [6, 6.07) is 8.49. The Kier molecular flexibility index (Phi) is 5.08. The Bertz CT molecular complexity index is 770. The van der Waals surface area contributed by atoms with Crippen LogP contribution in [0.25, 0.3) is 0 Å². The fourth-order valence-electron chi connectivity index (χ4n) is 2.85. The van der Waals surface area contributed by atoms with Gasteiger partial charge in [-0.05, 0) is 42.7 Å². The molecule has 1 unspecified atom stereocenters. The number of hydrogen-bond donors (Lipinski definition) is 2. The maximum atomic E-state index is 12.5. The molecule has 0 spiro atoms. The van der Waals surface area contributed by atoms with Gasteiger partial charge in [0.15, 0.2) is 0 Å². The van der Waals surface area contributed by atoms with Gasteiger partial charge in [0.05, 0.1) is 5.69 Å². The summed E-state index contributed by atoms with van der Waals surface area (Å²) in [7, 11) is 0. The van der Waals surface area contributed by atoms with E-state index in [4.69, 9.17) is 11.6 Å². The lowest BCUT2D eigenvalue weighted by atomic mass is 10.1. The summed E-state index contributed by atoms with van der Waals surface area (Å²) in [4.78, 5) is 26.6. The number of carbonyl (C=O) groups excluding carboxylic acids is 2. The lowest BCUT2D eigenvalue weighted by molar-refractivity contribution is 0.0777. The third-order valence-electron chi connectivity index (χ3n) is 4.34. The fourth-order valence-corrected chi connectivity index (χ4v) is 2.97. The second-order valence-corrected chi connectivity index (χ2v) is 7.01. The molecule has 0 aliphatic carbocycles. The first-order valence-corrected chi connectivity index (χ1v) is 8.73. The lowest BCUT2D eigenvalue weighted by Crippen LogP contribution is -2.38. The van der Waals surface area contributed by atoms with Crippen molar-refractivity contribution in [1.29, 1.82) is 0 Å². The highest BCUT2D eigenvalue weighted by Crippen LogP contribution is 2.17. The van der Waals surface area contributed by atoms with Gasteiger partial charge in [0.2, 0.25) is 0 Å². The van der Waals surface area contributed by atoms with E-state index in [1.807, 2.05) is 13.8 Å². The van der Waals surface area contributed by atoms with Gasteiger partial charge in [0, 0.05) is 29.7 Å². The second kappa shape index (κ2) is 7.27. The maximum absolute atomic E-state index is 12.5. The summed E-state index contributed by atoms with van der Waals surface area (Å²) in [6.45, 7) is 5.17. The van der Waals surface area contributed by atoms with Crippen LogP contribution in [-0.4, -0.2) is 46.0 Å². The minimum Gasteiger partial charge on any atom is -0.347 e. The number of amides is 2. The molecule has 1 atom stereocenters. The average Bonchev–Trinajstić information content (AvgIpc) is 3.24. The summed E-state index contributed by atoms with van der Waals surface area (Å²) < 4.78 is 0. The Morgan fingerprint density at radius 3 is 2.68 bits per heavy atom. The first kappa shape index (κ1) is 17.5. The molecule has 2 N–H and O–H groups in total. The molecule has 1 fully saturated rings. The number of nitrogens with zero attached hydrogens (tertiary/aromatic N) is 2. The number of hydrogen-bond acceptors (Lipinski definition) is 3. The largest absolute Gasteiger partial charge is 0.347 e. The van der Waals surface area contributed by atoms with Crippen LogP contribution in [-0.2, 0) is 0 Å². The first-order valence-electron chi connectivity index (χ1n) is 8.35. The topological polar surface area (TPSA) is 78.1 Å². The second-order valence-electron chi connectivity index (χ2n) is 6.58. The van der Waals surface area contributed by atoms with Crippen LogP contribution in [0.1, 0.15) is 52.7 Å². The van der Waals surface area contributed by atoms with Crippen molar-refractivity contribution in [2.75, 3.05) is 13.1 Å². The van der Waals surface area contributed by atoms with Crippen LogP contribution >= 0.6 is 11.6 Å². The third kappa shape index (κ3) is 4.02. The van der Waals surface area contributed by atoms with Crippen molar-refractivity contribution in [2.24, 2.45) is 0 Å². The molecule has 6 nitrogen and oxygen atoms in total. The van der Waals surface area contributed by atoms with Crippen molar-refractivity contribution in [3.8, 4) is 0 Å². The fraction of sp³-hybridized carbons (Fsp3) is 0.389. The van der Waals surface area contributed by atoms with Gasteiger partial charge < -0.3 is 10.2 Å². The van der Waals surface area contributed by atoms with Gasteiger partial charge in [-0.25, -0.2) is 0 Å². The van der Waals surface area contributed by atoms with Crippen molar-refractivity contribution in [3.63, 3.8) is 0 Å². The molecule has 1 aromatic carbocycles. The Labute approximate surface area is 151 Å². The van der Waals surface area contributed by atoms with Crippen LogP contribution in [0.15, 0.2) is 30.3 Å². The number of H-pyrrole nitrogens is 1. The molecule has 2 aromatic rings. The Morgan fingerprint density at radius 1 is 1.32 bits per heavy atom. The molecule has 25 heavy (non-hydrogen) atoms. The van der Waals surface area contributed by atoms with E-state index in [1.165, 1.54) is 0 Å². The molecule has 0 radical (unpaired) electrons. The predicted octanol–water partition coefficient (Wildman–Crippen LogP) is 2.83. The number of aromatic amines is 1. The first-order chi connectivity index (χ1) is 11.9. The number of carbonyl (C=O) groups is 2. The van der Waals surface area contributed by atoms with Crippen molar-refractivity contribution < 1.29 is 9.59 Å². The minimum atomic E-state index is -0.153. The van der Waals surface area contributed by atoms with E-state index in [-0.39, 0.29) is 23.8 Å². The number of likely N-dealkylation sites (tertiary alicyclic amines) is 1. The zero-order valence-corrected chi connectivity index (χ0v) is 15.0. The van der Waals surface area contributed by atoms with E-state index in [0.29, 0.717) is 29.4 Å². The maximum Gasteiger partial charge on any atom is 0.271 e. The Hall–Kier alpha value is -2.34. The minimum absolute atomic E-state index is 0.0559. The molecular formula is C18H21ClN4O2. The zero-order chi connectivity index (χ0) is 18.0. The molecule has 0 saturated carbocycles. The van der Waals surface area contributed by atoms with Crippen LogP contribution in [0.5, 0.6) is 0 Å². The molecule has 132 valence electrons. The molecular weight excluding hydrogens is 340 g/mol. The summed E-state index contributed by atoms with van der Waals surface area (Å²) in [5, 5.41) is 10.5. The highest BCUT2D eigenvalue weighted by Gasteiger charge is 2.29.